The predicted octanol–water partition coefficient (Wildman–Crippen LogP) is 1.40. The average molecular weight is 272 g/mol. The van der Waals surface area contributed by atoms with Crippen LogP contribution in [-0.4, -0.2) is 23.4 Å². The maximum Gasteiger partial charge on any atom is 0.0459 e. The molecule has 0 amide bonds. The molecule has 0 aromatic heterocycles. The molecular formula is C8H17IO2. The van der Waals surface area contributed by atoms with E-state index in [4.69, 9.17) is 10.2 Å². The average Bonchev–Trinajstić information content (AvgIpc) is 2.05. The third-order valence-electron chi connectivity index (χ3n) is 2.48. The number of halogens is 1. The molecule has 0 aromatic carbocycles. The molecule has 0 unspecified atom stereocenters. The van der Waals surface area contributed by atoms with E-state index in [9.17, 15) is 0 Å². The van der Waals surface area contributed by atoms with Gasteiger partial charge in [0, 0.05) is 13.2 Å². The van der Waals surface area contributed by atoms with Gasteiger partial charge in [0.1, 0.15) is 0 Å². The summed E-state index contributed by atoms with van der Waals surface area (Å²) in [5.41, 5.74) is 0. The van der Waals surface area contributed by atoms with Crippen molar-refractivity contribution in [1.82, 2.24) is 0 Å². The summed E-state index contributed by atoms with van der Waals surface area (Å²) < 4.78 is 0. The van der Waals surface area contributed by atoms with E-state index >= 15 is 0 Å². The Labute approximate surface area is 85.0 Å². The maximum atomic E-state index is 8.79. The summed E-state index contributed by atoms with van der Waals surface area (Å²) in [5, 5.41) is 17.6. The molecule has 0 saturated heterocycles. The van der Waals surface area contributed by atoms with Crippen molar-refractivity contribution in [3.05, 3.63) is 0 Å². The fourth-order valence-electron chi connectivity index (χ4n) is 1.60. The van der Waals surface area contributed by atoms with Gasteiger partial charge in [-0.2, -0.15) is 0 Å². The van der Waals surface area contributed by atoms with E-state index in [2.05, 4.69) is 0 Å². The quantitative estimate of drug-likeness (QED) is 0.746. The van der Waals surface area contributed by atoms with Gasteiger partial charge in [-0.25, -0.2) is 0 Å². The smallest absolute Gasteiger partial charge is 0.0459 e. The highest BCUT2D eigenvalue weighted by Crippen LogP contribution is 2.27. The molecule has 1 aliphatic carbocycles. The first-order valence-corrected chi connectivity index (χ1v) is 4.08. The lowest BCUT2D eigenvalue weighted by Crippen LogP contribution is -2.19. The van der Waals surface area contributed by atoms with Gasteiger partial charge in [0.25, 0.3) is 0 Å². The van der Waals surface area contributed by atoms with Gasteiger partial charge >= 0.3 is 0 Å². The number of rotatable bonds is 2. The van der Waals surface area contributed by atoms with E-state index in [0.29, 0.717) is 25.0 Å². The Hall–Kier alpha value is 0.650. The van der Waals surface area contributed by atoms with Crippen molar-refractivity contribution in [2.75, 3.05) is 13.2 Å². The van der Waals surface area contributed by atoms with Crippen molar-refractivity contribution < 1.29 is 10.2 Å². The summed E-state index contributed by atoms with van der Waals surface area (Å²) in [6.45, 7) is 0.663. The molecule has 11 heavy (non-hydrogen) atoms. The molecule has 0 aliphatic heterocycles. The minimum Gasteiger partial charge on any atom is -0.396 e. The Bertz CT molecular complexity index is 78.1. The third kappa shape index (κ3) is 3.71. The molecule has 68 valence electrons. The van der Waals surface area contributed by atoms with E-state index in [0.717, 1.165) is 25.7 Å². The second kappa shape index (κ2) is 6.20. The number of hydrogen-bond donors (Lipinski definition) is 2. The minimum absolute atomic E-state index is 0. The predicted molar refractivity (Wildman–Crippen MR) is 55.0 cm³/mol. The Morgan fingerprint density at radius 2 is 1.09 bits per heavy atom. The van der Waals surface area contributed by atoms with Crippen LogP contribution in [0.15, 0.2) is 0 Å². The molecule has 1 fully saturated rings. The van der Waals surface area contributed by atoms with Gasteiger partial charge < -0.3 is 10.2 Å². The summed E-state index contributed by atoms with van der Waals surface area (Å²) in [5.74, 6) is 1.03. The normalized spacial score (nSPS) is 31.1. The molecule has 0 atom stereocenters. The fourth-order valence-corrected chi connectivity index (χ4v) is 1.60. The number of aliphatic hydroxyl groups is 2. The Kier molecular flexibility index (Phi) is 6.56. The molecule has 2 nitrogen and oxygen atoms in total. The molecule has 3 heteroatoms. The highest BCUT2D eigenvalue weighted by molar-refractivity contribution is 14.0. The first-order chi connectivity index (χ1) is 4.86. The van der Waals surface area contributed by atoms with Crippen molar-refractivity contribution >= 4 is 24.0 Å². The summed E-state index contributed by atoms with van der Waals surface area (Å²) >= 11 is 0. The molecule has 0 heterocycles. The molecule has 2 N–H and O–H groups in total. The lowest BCUT2D eigenvalue weighted by atomic mass is 9.83. The van der Waals surface area contributed by atoms with Crippen molar-refractivity contribution in [1.29, 1.82) is 0 Å². The highest BCUT2D eigenvalue weighted by atomic mass is 127. The van der Waals surface area contributed by atoms with Crippen LogP contribution < -0.4 is 0 Å². The van der Waals surface area contributed by atoms with Gasteiger partial charge in [0.15, 0.2) is 0 Å². The molecular weight excluding hydrogens is 255 g/mol. The van der Waals surface area contributed by atoms with Crippen LogP contribution in [0.5, 0.6) is 0 Å². The number of hydrogen-bond acceptors (Lipinski definition) is 2. The van der Waals surface area contributed by atoms with Gasteiger partial charge in [-0.1, -0.05) is 0 Å². The maximum absolute atomic E-state index is 8.79. The monoisotopic (exact) mass is 272 g/mol. The van der Waals surface area contributed by atoms with E-state index in [1.54, 1.807) is 0 Å². The zero-order valence-electron chi connectivity index (χ0n) is 6.70. The topological polar surface area (TPSA) is 40.5 Å². The van der Waals surface area contributed by atoms with Gasteiger partial charge in [-0.15, -0.1) is 24.0 Å². The second-order valence-electron chi connectivity index (χ2n) is 3.25. The van der Waals surface area contributed by atoms with Crippen LogP contribution in [0.2, 0.25) is 0 Å². The van der Waals surface area contributed by atoms with E-state index in [1.165, 1.54) is 0 Å². The zero-order valence-corrected chi connectivity index (χ0v) is 9.03. The fraction of sp³-hybridized carbons (Fsp3) is 1.00. The van der Waals surface area contributed by atoms with Gasteiger partial charge in [0.2, 0.25) is 0 Å². The SMILES string of the molecule is I.OCC1CCC(CO)CC1. The summed E-state index contributed by atoms with van der Waals surface area (Å²) in [7, 11) is 0. The second-order valence-corrected chi connectivity index (χ2v) is 3.25. The highest BCUT2D eigenvalue weighted by Gasteiger charge is 2.19. The minimum atomic E-state index is 0. The van der Waals surface area contributed by atoms with Crippen molar-refractivity contribution in [2.24, 2.45) is 11.8 Å². The van der Waals surface area contributed by atoms with Gasteiger partial charge in [0.05, 0.1) is 0 Å². The van der Waals surface area contributed by atoms with E-state index in [-0.39, 0.29) is 24.0 Å². The molecule has 0 bridgehead atoms. The molecule has 1 saturated carbocycles. The lowest BCUT2D eigenvalue weighted by molar-refractivity contribution is 0.131. The summed E-state index contributed by atoms with van der Waals surface area (Å²) in [4.78, 5) is 0. The van der Waals surface area contributed by atoms with Crippen LogP contribution in [0.25, 0.3) is 0 Å². The van der Waals surface area contributed by atoms with Crippen molar-refractivity contribution in [2.45, 2.75) is 25.7 Å². The van der Waals surface area contributed by atoms with Crippen LogP contribution in [-0.2, 0) is 0 Å². The zero-order chi connectivity index (χ0) is 7.40. The third-order valence-corrected chi connectivity index (χ3v) is 2.48. The Morgan fingerprint density at radius 1 is 0.818 bits per heavy atom. The molecule has 1 rings (SSSR count). The summed E-state index contributed by atoms with van der Waals surface area (Å²) in [6.07, 6.45) is 4.40. The largest absolute Gasteiger partial charge is 0.396 e. The van der Waals surface area contributed by atoms with Crippen molar-refractivity contribution in [3.63, 3.8) is 0 Å². The Balaban J connectivity index is 0.000001000. The van der Waals surface area contributed by atoms with Crippen LogP contribution >= 0.6 is 24.0 Å². The first kappa shape index (κ1) is 11.6. The number of aliphatic hydroxyl groups excluding tert-OH is 2. The van der Waals surface area contributed by atoms with Crippen LogP contribution in [0.1, 0.15) is 25.7 Å². The molecule has 0 aromatic rings. The standard InChI is InChI=1S/C8H16O2.HI/c9-5-7-1-2-8(6-10)4-3-7;/h7-10H,1-6H2;1H. The van der Waals surface area contributed by atoms with Crippen LogP contribution in [0, 0.1) is 11.8 Å². The van der Waals surface area contributed by atoms with Crippen molar-refractivity contribution in [3.8, 4) is 0 Å². The molecule has 0 spiro atoms. The molecule has 1 aliphatic rings. The van der Waals surface area contributed by atoms with Crippen LogP contribution in [0.3, 0.4) is 0 Å². The summed E-state index contributed by atoms with van der Waals surface area (Å²) in [6, 6.07) is 0. The van der Waals surface area contributed by atoms with E-state index < -0.39 is 0 Å². The molecule has 0 radical (unpaired) electrons. The van der Waals surface area contributed by atoms with Crippen LogP contribution in [0.4, 0.5) is 0 Å². The van der Waals surface area contributed by atoms with E-state index in [1.807, 2.05) is 0 Å². The van der Waals surface area contributed by atoms with Gasteiger partial charge in [-0.3, -0.25) is 0 Å². The Morgan fingerprint density at radius 3 is 1.27 bits per heavy atom. The van der Waals surface area contributed by atoms with Gasteiger partial charge in [-0.05, 0) is 37.5 Å². The lowest BCUT2D eigenvalue weighted by Gasteiger charge is -2.25. The first-order valence-electron chi connectivity index (χ1n) is 4.08.